The van der Waals surface area contributed by atoms with Crippen molar-refractivity contribution in [1.82, 2.24) is 10.1 Å². The summed E-state index contributed by atoms with van der Waals surface area (Å²) in [4.78, 5) is 5.83. The van der Waals surface area contributed by atoms with Gasteiger partial charge in [-0.25, -0.2) is 0 Å². The Morgan fingerprint density at radius 3 is 3.16 bits per heavy atom. The smallest absolute Gasteiger partial charge is 0.235 e. The molecule has 2 heterocycles. The number of rotatable bonds is 4. The van der Waals surface area contributed by atoms with Crippen molar-refractivity contribution in [2.45, 2.75) is 36.6 Å². The summed E-state index contributed by atoms with van der Waals surface area (Å²) in [5.74, 6) is 2.63. The lowest BCUT2D eigenvalue weighted by Crippen LogP contribution is -2.22. The van der Waals surface area contributed by atoms with Crippen LogP contribution in [0.2, 0.25) is 0 Å². The minimum absolute atomic E-state index is 0.107. The zero-order valence-electron chi connectivity index (χ0n) is 10.9. The Labute approximate surface area is 116 Å². The molecular formula is C14H17N3OS. The van der Waals surface area contributed by atoms with E-state index in [4.69, 9.17) is 10.3 Å². The van der Waals surface area contributed by atoms with Crippen LogP contribution in [0.25, 0.3) is 0 Å². The highest BCUT2D eigenvalue weighted by atomic mass is 32.2. The second-order valence-electron chi connectivity index (χ2n) is 4.82. The van der Waals surface area contributed by atoms with Gasteiger partial charge >= 0.3 is 0 Å². The van der Waals surface area contributed by atoms with Gasteiger partial charge in [-0.2, -0.15) is 4.98 Å². The molecule has 1 aliphatic rings. The van der Waals surface area contributed by atoms with Crippen LogP contribution in [0, 0.1) is 0 Å². The molecule has 0 saturated heterocycles. The lowest BCUT2D eigenvalue weighted by Gasteiger charge is -2.04. The van der Waals surface area contributed by atoms with Crippen LogP contribution in [-0.2, 0) is 6.42 Å². The average Bonchev–Trinajstić information content (AvgIpc) is 3.04. The number of hydrogen-bond donors (Lipinski definition) is 1. The van der Waals surface area contributed by atoms with Gasteiger partial charge in [0.25, 0.3) is 0 Å². The van der Waals surface area contributed by atoms with E-state index in [2.05, 4.69) is 41.3 Å². The number of aromatic nitrogens is 2. The highest BCUT2D eigenvalue weighted by molar-refractivity contribution is 7.99. The molecule has 0 radical (unpaired) electrons. The number of nitrogens with zero attached hydrogens (tertiary/aromatic N) is 2. The molecule has 2 aromatic rings. The molecule has 1 aliphatic heterocycles. The van der Waals surface area contributed by atoms with E-state index < -0.39 is 0 Å². The van der Waals surface area contributed by atoms with Crippen LogP contribution < -0.4 is 5.73 Å². The van der Waals surface area contributed by atoms with Crippen LogP contribution in [0.3, 0.4) is 0 Å². The quantitative estimate of drug-likeness (QED) is 0.929. The summed E-state index contributed by atoms with van der Waals surface area (Å²) in [6.07, 6.45) is 1.60. The summed E-state index contributed by atoms with van der Waals surface area (Å²) >= 11 is 1.85. The van der Waals surface area contributed by atoms with Gasteiger partial charge in [-0.3, -0.25) is 0 Å². The van der Waals surface area contributed by atoms with Crippen molar-refractivity contribution in [3.8, 4) is 0 Å². The Balaban J connectivity index is 1.81. The number of fused-ring (bicyclic) bond motifs is 1. The van der Waals surface area contributed by atoms with E-state index in [9.17, 15) is 0 Å². The van der Waals surface area contributed by atoms with Gasteiger partial charge in [-0.05, 0) is 18.1 Å². The molecule has 0 spiro atoms. The fraction of sp³-hybridized carbons (Fsp3) is 0.429. The third-order valence-electron chi connectivity index (χ3n) is 3.45. The monoisotopic (exact) mass is 275 g/mol. The van der Waals surface area contributed by atoms with Gasteiger partial charge in [-0.1, -0.05) is 30.3 Å². The second-order valence-corrected chi connectivity index (χ2v) is 5.88. The van der Waals surface area contributed by atoms with Crippen LogP contribution in [0.1, 0.15) is 36.5 Å². The van der Waals surface area contributed by atoms with E-state index in [1.807, 2.05) is 11.8 Å². The van der Waals surface area contributed by atoms with Gasteiger partial charge in [-0.15, -0.1) is 11.8 Å². The van der Waals surface area contributed by atoms with Crippen LogP contribution in [0.5, 0.6) is 0 Å². The molecular weight excluding hydrogens is 258 g/mol. The third kappa shape index (κ3) is 2.53. The third-order valence-corrected chi connectivity index (χ3v) is 4.63. The summed E-state index contributed by atoms with van der Waals surface area (Å²) in [6.45, 7) is 2.06. The first-order valence-corrected chi connectivity index (χ1v) is 7.56. The molecule has 0 fully saturated rings. The molecule has 0 aliphatic carbocycles. The summed E-state index contributed by atoms with van der Waals surface area (Å²) < 4.78 is 5.42. The Morgan fingerprint density at radius 2 is 2.32 bits per heavy atom. The molecule has 0 bridgehead atoms. The van der Waals surface area contributed by atoms with E-state index in [1.54, 1.807) is 0 Å². The number of hydrogen-bond acceptors (Lipinski definition) is 5. The average molecular weight is 275 g/mol. The number of benzene rings is 1. The van der Waals surface area contributed by atoms with Crippen LogP contribution in [0.4, 0.5) is 0 Å². The molecule has 1 aromatic carbocycles. The molecule has 2 N–H and O–H groups in total. The maximum atomic E-state index is 5.92. The Kier molecular flexibility index (Phi) is 3.57. The first kappa shape index (κ1) is 12.7. The van der Waals surface area contributed by atoms with E-state index in [0.29, 0.717) is 6.42 Å². The fourth-order valence-corrected chi connectivity index (χ4v) is 3.46. The van der Waals surface area contributed by atoms with Crippen LogP contribution in [0.15, 0.2) is 33.7 Å². The Bertz CT molecular complexity index is 569. The summed E-state index contributed by atoms with van der Waals surface area (Å²) in [7, 11) is 0. The van der Waals surface area contributed by atoms with E-state index >= 15 is 0 Å². The standard InChI is InChI=1S/C14H17N3OS/c1-2-9(15)7-13-16-14(18-17-13)11-8-19-12-6-4-3-5-10(11)12/h3-6,9,11H,2,7-8,15H2,1H3. The summed E-state index contributed by atoms with van der Waals surface area (Å²) in [5.41, 5.74) is 7.21. The first-order valence-electron chi connectivity index (χ1n) is 6.57. The molecule has 5 heteroatoms. The maximum Gasteiger partial charge on any atom is 0.235 e. The van der Waals surface area contributed by atoms with Crippen molar-refractivity contribution >= 4 is 11.8 Å². The SMILES string of the molecule is CCC(N)Cc1noc(C2CSc3ccccc32)n1. The van der Waals surface area contributed by atoms with Crippen molar-refractivity contribution in [3.63, 3.8) is 0 Å². The fourth-order valence-electron chi connectivity index (χ4n) is 2.24. The highest BCUT2D eigenvalue weighted by Gasteiger charge is 2.29. The second kappa shape index (κ2) is 5.35. The van der Waals surface area contributed by atoms with Crippen molar-refractivity contribution < 1.29 is 4.52 Å². The van der Waals surface area contributed by atoms with Gasteiger partial charge in [0, 0.05) is 23.1 Å². The molecule has 1 aromatic heterocycles. The summed E-state index contributed by atoms with van der Waals surface area (Å²) in [6, 6.07) is 8.51. The number of thioether (sulfide) groups is 1. The van der Waals surface area contributed by atoms with E-state index in [0.717, 1.165) is 23.9 Å². The van der Waals surface area contributed by atoms with Crippen LogP contribution >= 0.6 is 11.8 Å². The lowest BCUT2D eigenvalue weighted by molar-refractivity contribution is 0.365. The predicted molar refractivity (Wildman–Crippen MR) is 75.3 cm³/mol. The van der Waals surface area contributed by atoms with Crippen LogP contribution in [-0.4, -0.2) is 21.9 Å². The molecule has 2 unspecified atom stereocenters. The minimum atomic E-state index is 0.107. The Morgan fingerprint density at radius 1 is 1.47 bits per heavy atom. The minimum Gasteiger partial charge on any atom is -0.339 e. The van der Waals surface area contributed by atoms with Gasteiger partial charge in [0.1, 0.15) is 0 Å². The number of nitrogens with two attached hydrogens (primary N) is 1. The molecule has 19 heavy (non-hydrogen) atoms. The predicted octanol–water partition coefficient (Wildman–Crippen LogP) is 2.59. The van der Waals surface area contributed by atoms with Gasteiger partial charge in [0.05, 0.1) is 5.92 Å². The Hall–Kier alpha value is -1.33. The van der Waals surface area contributed by atoms with E-state index in [1.165, 1.54) is 10.5 Å². The molecule has 2 atom stereocenters. The normalized spacial score (nSPS) is 19.4. The first-order chi connectivity index (χ1) is 9.28. The van der Waals surface area contributed by atoms with Crippen molar-refractivity contribution in [2.75, 3.05) is 5.75 Å². The zero-order valence-corrected chi connectivity index (χ0v) is 11.7. The van der Waals surface area contributed by atoms with Crippen molar-refractivity contribution in [2.24, 2.45) is 5.73 Å². The molecule has 3 rings (SSSR count). The van der Waals surface area contributed by atoms with Gasteiger partial charge in [0.2, 0.25) is 5.89 Å². The topological polar surface area (TPSA) is 64.9 Å². The summed E-state index contributed by atoms with van der Waals surface area (Å²) in [5, 5.41) is 4.05. The van der Waals surface area contributed by atoms with Gasteiger partial charge in [0.15, 0.2) is 5.82 Å². The van der Waals surface area contributed by atoms with E-state index in [-0.39, 0.29) is 12.0 Å². The lowest BCUT2D eigenvalue weighted by atomic mass is 10.0. The van der Waals surface area contributed by atoms with Crippen molar-refractivity contribution in [1.29, 1.82) is 0 Å². The maximum absolute atomic E-state index is 5.92. The molecule has 4 nitrogen and oxygen atoms in total. The zero-order chi connectivity index (χ0) is 13.2. The molecule has 0 saturated carbocycles. The van der Waals surface area contributed by atoms with Crippen molar-refractivity contribution in [3.05, 3.63) is 41.5 Å². The highest BCUT2D eigenvalue weighted by Crippen LogP contribution is 2.42. The largest absolute Gasteiger partial charge is 0.339 e. The molecule has 0 amide bonds. The molecule has 100 valence electrons. The van der Waals surface area contributed by atoms with Gasteiger partial charge < -0.3 is 10.3 Å².